The molecule has 0 fully saturated rings. The Morgan fingerprint density at radius 1 is 1.47 bits per heavy atom. The highest BCUT2D eigenvalue weighted by molar-refractivity contribution is 5.81. The molecule has 2 N–H and O–H groups in total. The Balaban J connectivity index is 2.42. The van der Waals surface area contributed by atoms with Crippen molar-refractivity contribution in [3.05, 3.63) is 23.8 Å². The maximum Gasteiger partial charge on any atom is 0.201 e. The zero-order valence-corrected chi connectivity index (χ0v) is 10.6. The van der Waals surface area contributed by atoms with Crippen molar-refractivity contribution in [1.29, 1.82) is 0 Å². The molecule has 0 radical (unpaired) electrons. The number of ether oxygens (including phenoxy) is 1. The molecule has 17 heavy (non-hydrogen) atoms. The molecule has 0 saturated carbocycles. The summed E-state index contributed by atoms with van der Waals surface area (Å²) in [6.45, 7) is 7.57. The van der Waals surface area contributed by atoms with E-state index in [1.165, 1.54) is 5.56 Å². The number of benzene rings is 1. The molecule has 1 atom stereocenters. The lowest BCUT2D eigenvalue weighted by Crippen LogP contribution is -2.18. The van der Waals surface area contributed by atoms with Crippen LogP contribution in [0.25, 0.3) is 11.0 Å². The fraction of sp³-hybridized carbons (Fsp3) is 0.462. The molecule has 2 aromatic rings. The predicted molar refractivity (Wildman–Crippen MR) is 70.0 cm³/mol. The minimum absolute atomic E-state index is 0.138. The molecule has 0 bridgehead atoms. The number of para-hydroxylation sites is 1. The zero-order valence-electron chi connectivity index (χ0n) is 10.6. The highest BCUT2D eigenvalue weighted by Gasteiger charge is 2.12. The minimum atomic E-state index is 0.138. The van der Waals surface area contributed by atoms with Gasteiger partial charge in [0.1, 0.15) is 0 Å². The third kappa shape index (κ3) is 2.26. The van der Waals surface area contributed by atoms with Gasteiger partial charge < -0.3 is 15.0 Å². The van der Waals surface area contributed by atoms with Crippen molar-refractivity contribution in [2.45, 2.75) is 33.4 Å². The Hall–Kier alpha value is -1.55. The van der Waals surface area contributed by atoms with Crippen molar-refractivity contribution in [2.24, 2.45) is 0 Å². The largest absolute Gasteiger partial charge is 0.377 e. The lowest BCUT2D eigenvalue weighted by molar-refractivity contribution is 0.0652. The molecule has 0 saturated heterocycles. The van der Waals surface area contributed by atoms with E-state index >= 15 is 0 Å². The second-order valence-corrected chi connectivity index (χ2v) is 4.29. The van der Waals surface area contributed by atoms with Gasteiger partial charge in [0.25, 0.3) is 0 Å². The van der Waals surface area contributed by atoms with Gasteiger partial charge in [-0.25, -0.2) is 4.98 Å². The second-order valence-electron chi connectivity index (χ2n) is 4.29. The van der Waals surface area contributed by atoms with Crippen LogP contribution in [0.1, 0.15) is 19.4 Å². The van der Waals surface area contributed by atoms with Gasteiger partial charge in [0.15, 0.2) is 0 Å². The summed E-state index contributed by atoms with van der Waals surface area (Å²) in [5, 5.41) is 0. The molecule has 4 nitrogen and oxygen atoms in total. The SMILES string of the molecule is CCOC(C)Cn1c(N)nc2cccc(C)c21. The third-order valence-corrected chi connectivity index (χ3v) is 2.89. The molecule has 0 spiro atoms. The third-order valence-electron chi connectivity index (χ3n) is 2.89. The van der Waals surface area contributed by atoms with Crippen LogP contribution in [-0.4, -0.2) is 22.3 Å². The number of anilines is 1. The van der Waals surface area contributed by atoms with E-state index in [4.69, 9.17) is 10.5 Å². The summed E-state index contributed by atoms with van der Waals surface area (Å²) >= 11 is 0. The molecule has 0 aliphatic rings. The number of nitrogen functional groups attached to an aromatic ring is 1. The van der Waals surface area contributed by atoms with E-state index < -0.39 is 0 Å². The summed E-state index contributed by atoms with van der Waals surface area (Å²) in [4.78, 5) is 4.37. The summed E-state index contributed by atoms with van der Waals surface area (Å²) in [5.74, 6) is 0.556. The first-order valence-electron chi connectivity index (χ1n) is 5.96. The average Bonchev–Trinajstić information content (AvgIpc) is 2.57. The summed E-state index contributed by atoms with van der Waals surface area (Å²) in [6, 6.07) is 6.06. The minimum Gasteiger partial charge on any atom is -0.377 e. The summed E-state index contributed by atoms with van der Waals surface area (Å²) in [7, 11) is 0. The number of aromatic nitrogens is 2. The van der Waals surface area contributed by atoms with Gasteiger partial charge in [-0.2, -0.15) is 0 Å². The molecular formula is C13H19N3O. The van der Waals surface area contributed by atoms with Crippen LogP contribution in [-0.2, 0) is 11.3 Å². The van der Waals surface area contributed by atoms with E-state index in [1.54, 1.807) is 0 Å². The summed E-state index contributed by atoms with van der Waals surface area (Å²) in [5.41, 5.74) is 9.21. The first-order valence-corrected chi connectivity index (χ1v) is 5.96. The van der Waals surface area contributed by atoms with Gasteiger partial charge in [0, 0.05) is 6.61 Å². The first kappa shape index (κ1) is 11.9. The van der Waals surface area contributed by atoms with E-state index in [0.29, 0.717) is 12.6 Å². The van der Waals surface area contributed by atoms with E-state index in [0.717, 1.165) is 17.6 Å². The molecular weight excluding hydrogens is 214 g/mol. The lowest BCUT2D eigenvalue weighted by atomic mass is 10.2. The van der Waals surface area contributed by atoms with Gasteiger partial charge in [0.2, 0.25) is 5.95 Å². The Morgan fingerprint density at radius 3 is 2.94 bits per heavy atom. The molecule has 0 amide bonds. The number of hydrogen-bond donors (Lipinski definition) is 1. The summed E-state index contributed by atoms with van der Waals surface area (Å²) < 4.78 is 7.59. The molecule has 1 unspecified atom stereocenters. The van der Waals surface area contributed by atoms with Crippen molar-refractivity contribution in [3.63, 3.8) is 0 Å². The van der Waals surface area contributed by atoms with Gasteiger partial charge >= 0.3 is 0 Å². The molecule has 92 valence electrons. The highest BCUT2D eigenvalue weighted by Crippen LogP contribution is 2.21. The molecule has 0 aliphatic heterocycles. The van der Waals surface area contributed by atoms with Gasteiger partial charge in [-0.3, -0.25) is 0 Å². The van der Waals surface area contributed by atoms with Gasteiger partial charge in [-0.1, -0.05) is 12.1 Å². The second kappa shape index (κ2) is 4.75. The van der Waals surface area contributed by atoms with Crippen LogP contribution in [0, 0.1) is 6.92 Å². The number of nitrogens with zero attached hydrogens (tertiary/aromatic N) is 2. The van der Waals surface area contributed by atoms with Crippen LogP contribution in [0.15, 0.2) is 18.2 Å². The molecule has 1 heterocycles. The number of rotatable bonds is 4. The maximum absolute atomic E-state index is 5.96. The number of imidazole rings is 1. The quantitative estimate of drug-likeness (QED) is 0.882. The van der Waals surface area contributed by atoms with Crippen LogP contribution < -0.4 is 5.73 Å². The number of aryl methyl sites for hydroxylation is 1. The number of nitrogens with two attached hydrogens (primary N) is 1. The highest BCUT2D eigenvalue weighted by atomic mass is 16.5. The van der Waals surface area contributed by atoms with Crippen molar-refractivity contribution in [2.75, 3.05) is 12.3 Å². The normalized spacial score (nSPS) is 13.1. The summed E-state index contributed by atoms with van der Waals surface area (Å²) in [6.07, 6.45) is 0.138. The van der Waals surface area contributed by atoms with Crippen molar-refractivity contribution >= 4 is 17.0 Å². The van der Waals surface area contributed by atoms with Crippen LogP contribution in [0.2, 0.25) is 0 Å². The van der Waals surface area contributed by atoms with E-state index in [2.05, 4.69) is 18.0 Å². The van der Waals surface area contributed by atoms with E-state index in [-0.39, 0.29) is 6.10 Å². The van der Waals surface area contributed by atoms with E-state index in [9.17, 15) is 0 Å². The van der Waals surface area contributed by atoms with Gasteiger partial charge in [-0.05, 0) is 32.4 Å². The fourth-order valence-electron chi connectivity index (χ4n) is 2.16. The van der Waals surface area contributed by atoms with Crippen molar-refractivity contribution < 1.29 is 4.74 Å². The topological polar surface area (TPSA) is 53.1 Å². The average molecular weight is 233 g/mol. The van der Waals surface area contributed by atoms with Crippen LogP contribution in [0.4, 0.5) is 5.95 Å². The van der Waals surface area contributed by atoms with Gasteiger partial charge in [0.05, 0.1) is 23.7 Å². The predicted octanol–water partition coefficient (Wildman–Crippen LogP) is 2.35. The maximum atomic E-state index is 5.96. The Kier molecular flexibility index (Phi) is 3.33. The van der Waals surface area contributed by atoms with Crippen molar-refractivity contribution in [3.8, 4) is 0 Å². The Morgan fingerprint density at radius 2 is 2.24 bits per heavy atom. The van der Waals surface area contributed by atoms with Gasteiger partial charge in [-0.15, -0.1) is 0 Å². The molecule has 0 aliphatic carbocycles. The standard InChI is InChI=1S/C13H19N3O/c1-4-17-10(3)8-16-12-9(2)6-5-7-11(12)15-13(16)14/h5-7,10H,4,8H2,1-3H3,(H2,14,15). The monoisotopic (exact) mass is 233 g/mol. The molecule has 1 aromatic heterocycles. The number of fused-ring (bicyclic) bond motifs is 1. The molecule has 2 rings (SSSR count). The lowest BCUT2D eigenvalue weighted by Gasteiger charge is -2.14. The fourth-order valence-corrected chi connectivity index (χ4v) is 2.16. The molecule has 4 heteroatoms. The smallest absolute Gasteiger partial charge is 0.201 e. The Bertz CT molecular complexity index is 519. The zero-order chi connectivity index (χ0) is 12.4. The van der Waals surface area contributed by atoms with Crippen LogP contribution in [0.5, 0.6) is 0 Å². The first-order chi connectivity index (χ1) is 8.13. The molecule has 1 aromatic carbocycles. The van der Waals surface area contributed by atoms with E-state index in [1.807, 2.05) is 30.5 Å². The Labute approximate surface area is 101 Å². The number of hydrogen-bond acceptors (Lipinski definition) is 3. The van der Waals surface area contributed by atoms with Crippen molar-refractivity contribution in [1.82, 2.24) is 9.55 Å². The van der Waals surface area contributed by atoms with Crippen LogP contribution in [0.3, 0.4) is 0 Å². The van der Waals surface area contributed by atoms with Crippen LogP contribution >= 0.6 is 0 Å².